The molecule has 0 radical (unpaired) electrons. The molecule has 0 bridgehead atoms. The zero-order chi connectivity index (χ0) is 18.1. The number of nitrogens with zero attached hydrogens (tertiary/aromatic N) is 2. The summed E-state index contributed by atoms with van der Waals surface area (Å²) in [5.41, 5.74) is 1.10. The van der Waals surface area contributed by atoms with Crippen molar-refractivity contribution in [2.24, 2.45) is 0 Å². The monoisotopic (exact) mass is 342 g/mol. The number of para-hydroxylation sites is 2. The minimum absolute atomic E-state index is 0.0492. The second-order valence-electron chi connectivity index (χ2n) is 5.84. The first-order valence-electron chi connectivity index (χ1n) is 8.11. The van der Waals surface area contributed by atoms with Crippen LogP contribution in [0.3, 0.4) is 0 Å². The zero-order valence-corrected chi connectivity index (χ0v) is 13.7. The summed E-state index contributed by atoms with van der Waals surface area (Å²) in [5.74, 6) is -0.491. The molecule has 5 nitrogen and oxygen atoms in total. The molecule has 0 amide bonds. The van der Waals surface area contributed by atoms with Crippen LogP contribution in [0.5, 0.6) is 0 Å². The molecule has 0 atom stereocenters. The molecule has 0 saturated carbocycles. The van der Waals surface area contributed by atoms with Gasteiger partial charge in [-0.3, -0.25) is 4.79 Å². The highest BCUT2D eigenvalue weighted by Crippen LogP contribution is 2.22. The second-order valence-corrected chi connectivity index (χ2v) is 5.84. The molecule has 0 aliphatic rings. The minimum atomic E-state index is -0.491. The number of hydrogen-bond donors (Lipinski definition) is 0. The predicted molar refractivity (Wildman–Crippen MR) is 97.2 cm³/mol. The third-order valence-electron chi connectivity index (χ3n) is 4.25. The van der Waals surface area contributed by atoms with Crippen molar-refractivity contribution >= 4 is 16.8 Å². The van der Waals surface area contributed by atoms with Gasteiger partial charge >= 0.3 is 11.4 Å². The number of carbonyl (C=O) groups is 1. The second kappa shape index (κ2) is 6.29. The van der Waals surface area contributed by atoms with Crippen molar-refractivity contribution < 1.29 is 14.3 Å². The van der Waals surface area contributed by atoms with Gasteiger partial charge in [-0.2, -0.15) is 9.46 Å². The first kappa shape index (κ1) is 15.8. The molecule has 5 heteroatoms. The summed E-state index contributed by atoms with van der Waals surface area (Å²) in [5, 5.41) is 26.1. The fourth-order valence-electron chi connectivity index (χ4n) is 3.02. The van der Waals surface area contributed by atoms with E-state index in [0.29, 0.717) is 20.6 Å². The Morgan fingerprint density at radius 1 is 0.654 bits per heavy atom. The van der Waals surface area contributed by atoms with E-state index in [1.165, 1.54) is 6.07 Å². The van der Waals surface area contributed by atoms with Crippen LogP contribution in [0, 0.1) is 10.4 Å². The summed E-state index contributed by atoms with van der Waals surface area (Å²) in [7, 11) is 0. The Balaban J connectivity index is 2.11. The van der Waals surface area contributed by atoms with Gasteiger partial charge in [-0.05, 0) is 12.1 Å². The fourth-order valence-corrected chi connectivity index (χ4v) is 3.02. The quantitative estimate of drug-likeness (QED) is 0.326. The van der Waals surface area contributed by atoms with Gasteiger partial charge in [-0.15, -0.1) is 0 Å². The van der Waals surface area contributed by atoms with Crippen LogP contribution in [0.2, 0.25) is 0 Å². The third-order valence-corrected chi connectivity index (χ3v) is 4.25. The van der Waals surface area contributed by atoms with Crippen LogP contribution >= 0.6 is 0 Å². The van der Waals surface area contributed by atoms with Gasteiger partial charge in [0, 0.05) is 17.7 Å². The maximum absolute atomic E-state index is 13.1. The maximum Gasteiger partial charge on any atom is 0.339 e. The molecule has 1 heterocycles. The first-order valence-corrected chi connectivity index (χ1v) is 8.11. The van der Waals surface area contributed by atoms with Crippen LogP contribution in [-0.4, -0.2) is 5.78 Å². The van der Waals surface area contributed by atoms with Crippen molar-refractivity contribution in [1.29, 1.82) is 0 Å². The van der Waals surface area contributed by atoms with Crippen molar-refractivity contribution in [2.45, 2.75) is 0 Å². The number of hydrogen-bond acceptors (Lipinski definition) is 3. The van der Waals surface area contributed by atoms with Crippen LogP contribution in [0.25, 0.3) is 22.3 Å². The average molecular weight is 342 g/mol. The summed E-state index contributed by atoms with van der Waals surface area (Å²) in [6, 6.07) is 23.7. The van der Waals surface area contributed by atoms with Gasteiger partial charge in [-0.1, -0.05) is 60.7 Å². The topological polar surface area (TPSA) is 71.0 Å². The lowest BCUT2D eigenvalue weighted by Gasteiger charge is -2.12. The van der Waals surface area contributed by atoms with E-state index >= 15 is 0 Å². The lowest BCUT2D eigenvalue weighted by Crippen LogP contribution is -2.46. The molecule has 126 valence electrons. The molecule has 0 unspecified atom stereocenters. The van der Waals surface area contributed by atoms with Gasteiger partial charge in [0.1, 0.15) is 0 Å². The van der Waals surface area contributed by atoms with E-state index in [2.05, 4.69) is 0 Å². The van der Waals surface area contributed by atoms with Gasteiger partial charge in [0.15, 0.2) is 0 Å². The Hall–Kier alpha value is -3.73. The molecule has 0 aliphatic carbocycles. The van der Waals surface area contributed by atoms with Crippen molar-refractivity contribution in [3.8, 4) is 11.3 Å². The molecule has 26 heavy (non-hydrogen) atoms. The SMILES string of the molecule is O=C(c1ccccc1)c1c(-c2ccccc2)[n+]([O-])c2ccccc2[n+]1[O-]. The molecule has 0 N–H and O–H groups in total. The summed E-state index contributed by atoms with van der Waals surface area (Å²) in [6.07, 6.45) is 0. The highest BCUT2D eigenvalue weighted by atomic mass is 16.5. The Kier molecular flexibility index (Phi) is 3.82. The predicted octanol–water partition coefficient (Wildman–Crippen LogP) is 3.00. The molecule has 4 rings (SSSR count). The standard InChI is InChI=1S/C21H14N2O3/c24-21(16-11-5-2-6-12-16)20-19(15-9-3-1-4-10-15)22(25)17-13-7-8-14-18(17)23(20)26/h1-14H. The molecule has 1 aromatic heterocycles. The smallest absolute Gasteiger partial charge is 0.339 e. The zero-order valence-electron chi connectivity index (χ0n) is 13.7. The largest absolute Gasteiger partial charge is 0.617 e. The van der Waals surface area contributed by atoms with Gasteiger partial charge < -0.3 is 10.4 Å². The molecule has 0 aliphatic heterocycles. The van der Waals surface area contributed by atoms with Crippen molar-refractivity contribution in [1.82, 2.24) is 0 Å². The van der Waals surface area contributed by atoms with E-state index in [0.717, 1.165) is 0 Å². The van der Waals surface area contributed by atoms with E-state index in [4.69, 9.17) is 0 Å². The van der Waals surface area contributed by atoms with E-state index < -0.39 is 5.78 Å². The van der Waals surface area contributed by atoms with E-state index in [1.807, 2.05) is 6.07 Å². The molecule has 0 saturated heterocycles. The summed E-state index contributed by atoms with van der Waals surface area (Å²) >= 11 is 0. The average Bonchev–Trinajstić information content (AvgIpc) is 2.71. The van der Waals surface area contributed by atoms with Crippen LogP contribution in [0.4, 0.5) is 0 Å². The lowest BCUT2D eigenvalue weighted by atomic mass is 10.0. The van der Waals surface area contributed by atoms with E-state index in [-0.39, 0.29) is 22.4 Å². The minimum Gasteiger partial charge on any atom is -0.617 e. The number of rotatable bonds is 3. The summed E-state index contributed by atoms with van der Waals surface area (Å²) in [4.78, 5) is 13.1. The number of benzene rings is 3. The van der Waals surface area contributed by atoms with Crippen molar-refractivity contribution in [3.05, 3.63) is 107 Å². The van der Waals surface area contributed by atoms with Crippen LogP contribution in [0.15, 0.2) is 84.9 Å². The highest BCUT2D eigenvalue weighted by molar-refractivity contribution is 6.09. The molecular formula is C21H14N2O3. The van der Waals surface area contributed by atoms with Gasteiger partial charge in [-0.25, -0.2) is 0 Å². The molecule has 0 fully saturated rings. The van der Waals surface area contributed by atoms with Crippen LogP contribution < -0.4 is 9.46 Å². The van der Waals surface area contributed by atoms with Gasteiger partial charge in [0.25, 0.3) is 16.8 Å². The van der Waals surface area contributed by atoms with Crippen LogP contribution in [-0.2, 0) is 0 Å². The molecular weight excluding hydrogens is 328 g/mol. The molecule has 3 aromatic carbocycles. The number of aromatic nitrogens is 2. The number of carbonyl (C=O) groups excluding carboxylic acids is 1. The Bertz CT molecular complexity index is 1110. The van der Waals surface area contributed by atoms with Crippen LogP contribution in [0.1, 0.15) is 16.1 Å². The first-order chi connectivity index (χ1) is 12.7. The molecule has 0 spiro atoms. The third kappa shape index (κ3) is 2.46. The van der Waals surface area contributed by atoms with Crippen molar-refractivity contribution in [3.63, 3.8) is 0 Å². The fraction of sp³-hybridized carbons (Fsp3) is 0. The van der Waals surface area contributed by atoms with E-state index in [1.54, 1.807) is 72.8 Å². The Morgan fingerprint density at radius 2 is 1.15 bits per heavy atom. The molecule has 4 aromatic rings. The Labute approximate surface area is 149 Å². The summed E-state index contributed by atoms with van der Waals surface area (Å²) < 4.78 is 1.22. The van der Waals surface area contributed by atoms with Crippen molar-refractivity contribution in [2.75, 3.05) is 0 Å². The van der Waals surface area contributed by atoms with E-state index in [9.17, 15) is 15.2 Å². The summed E-state index contributed by atoms with van der Waals surface area (Å²) in [6.45, 7) is 0. The Morgan fingerprint density at radius 3 is 1.77 bits per heavy atom. The normalized spacial score (nSPS) is 10.8. The van der Waals surface area contributed by atoms with Gasteiger partial charge in [0.2, 0.25) is 0 Å². The lowest BCUT2D eigenvalue weighted by molar-refractivity contribution is -0.622. The number of ketones is 1. The van der Waals surface area contributed by atoms with Gasteiger partial charge in [0.05, 0.1) is 5.56 Å². The number of fused-ring (bicyclic) bond motifs is 1. The maximum atomic E-state index is 13.1. The highest BCUT2D eigenvalue weighted by Gasteiger charge is 2.34.